The summed E-state index contributed by atoms with van der Waals surface area (Å²) in [5, 5.41) is 9.85. The molecule has 0 heterocycles. The maximum absolute atomic E-state index is 9.15. The van der Waals surface area contributed by atoms with Crippen molar-refractivity contribution in [3.63, 3.8) is 0 Å². The van der Waals surface area contributed by atoms with Crippen LogP contribution >= 0.6 is 27.5 Å². The zero-order valence-electron chi connectivity index (χ0n) is 6.72. The number of halogens is 2. The van der Waals surface area contributed by atoms with Crippen molar-refractivity contribution in [1.29, 1.82) is 0 Å². The van der Waals surface area contributed by atoms with Crippen LogP contribution in [0.4, 0.5) is 0 Å². The number of rotatable bonds is 2. The van der Waals surface area contributed by atoms with Crippen LogP contribution in [-0.4, -0.2) is 11.2 Å². The Morgan fingerprint density at radius 2 is 2.25 bits per heavy atom. The summed E-state index contributed by atoms with van der Waals surface area (Å²) in [6, 6.07) is 5.63. The van der Waals surface area contributed by atoms with E-state index in [9.17, 15) is 0 Å². The van der Waals surface area contributed by atoms with Crippen molar-refractivity contribution >= 4 is 27.5 Å². The summed E-state index contributed by atoms with van der Waals surface area (Å²) in [5.41, 5.74) is 0.973. The second-order valence-corrected chi connectivity index (χ2v) is 4.11. The maximum atomic E-state index is 9.15. The van der Waals surface area contributed by atoms with Gasteiger partial charge in [-0.2, -0.15) is 0 Å². The third-order valence-corrected chi connectivity index (χ3v) is 2.39. The normalized spacial score (nSPS) is 13.0. The van der Waals surface area contributed by atoms with Crippen molar-refractivity contribution in [2.24, 2.45) is 0 Å². The van der Waals surface area contributed by atoms with E-state index in [1.807, 2.05) is 18.2 Å². The predicted molar refractivity (Wildman–Crippen MR) is 54.5 cm³/mol. The highest BCUT2D eigenvalue weighted by molar-refractivity contribution is 9.10. The van der Waals surface area contributed by atoms with Crippen molar-refractivity contribution in [2.75, 3.05) is 0 Å². The quantitative estimate of drug-likeness (QED) is 0.854. The van der Waals surface area contributed by atoms with Gasteiger partial charge >= 0.3 is 0 Å². The Morgan fingerprint density at radius 1 is 1.58 bits per heavy atom. The van der Waals surface area contributed by atoms with Crippen molar-refractivity contribution in [3.05, 3.63) is 33.3 Å². The maximum Gasteiger partial charge on any atom is 0.0552 e. The van der Waals surface area contributed by atoms with E-state index in [4.69, 9.17) is 16.7 Å². The van der Waals surface area contributed by atoms with E-state index >= 15 is 0 Å². The van der Waals surface area contributed by atoms with Gasteiger partial charge < -0.3 is 5.11 Å². The molecule has 0 amide bonds. The summed E-state index contributed by atoms with van der Waals surface area (Å²) < 4.78 is 0.988. The number of aliphatic hydroxyl groups is 1. The first-order valence-electron chi connectivity index (χ1n) is 3.71. The van der Waals surface area contributed by atoms with Crippen LogP contribution in [0.25, 0.3) is 0 Å². The van der Waals surface area contributed by atoms with Gasteiger partial charge in [-0.25, -0.2) is 0 Å². The van der Waals surface area contributed by atoms with Gasteiger partial charge in [-0.3, -0.25) is 0 Å². The zero-order chi connectivity index (χ0) is 9.14. The molecule has 1 aromatic rings. The summed E-state index contributed by atoms with van der Waals surface area (Å²) >= 11 is 9.25. The first-order chi connectivity index (χ1) is 5.59. The fourth-order valence-electron chi connectivity index (χ4n) is 1.02. The van der Waals surface area contributed by atoms with E-state index in [-0.39, 0.29) is 6.10 Å². The Hall–Kier alpha value is -0.0500. The minimum Gasteiger partial charge on any atom is -0.393 e. The first kappa shape index (κ1) is 10.0. The molecule has 3 heteroatoms. The Morgan fingerprint density at radius 3 is 2.83 bits per heavy atom. The third kappa shape index (κ3) is 2.77. The van der Waals surface area contributed by atoms with Crippen LogP contribution in [0, 0.1) is 0 Å². The van der Waals surface area contributed by atoms with Crippen LogP contribution in [0.1, 0.15) is 12.5 Å². The molecule has 0 spiro atoms. The molecule has 1 atom stereocenters. The average Bonchev–Trinajstić information content (AvgIpc) is 1.96. The van der Waals surface area contributed by atoms with Gasteiger partial charge in [-0.1, -0.05) is 27.5 Å². The number of benzene rings is 1. The van der Waals surface area contributed by atoms with Crippen molar-refractivity contribution in [1.82, 2.24) is 0 Å². The lowest BCUT2D eigenvalue weighted by Crippen LogP contribution is -2.04. The fraction of sp³-hybridized carbons (Fsp3) is 0.333. The van der Waals surface area contributed by atoms with Crippen LogP contribution in [0.5, 0.6) is 0 Å². The Kier molecular flexibility index (Phi) is 3.56. The van der Waals surface area contributed by atoms with Crippen LogP contribution in [0.15, 0.2) is 22.7 Å². The molecular weight excluding hydrogens is 239 g/mol. The molecule has 0 aromatic heterocycles. The number of hydrogen-bond donors (Lipinski definition) is 1. The highest BCUT2D eigenvalue weighted by atomic mass is 79.9. The van der Waals surface area contributed by atoms with E-state index in [0.717, 1.165) is 10.0 Å². The molecule has 0 saturated carbocycles. The topological polar surface area (TPSA) is 20.2 Å². The lowest BCUT2D eigenvalue weighted by molar-refractivity contribution is 0.195. The second kappa shape index (κ2) is 4.26. The largest absolute Gasteiger partial charge is 0.393 e. The molecule has 0 unspecified atom stereocenters. The Labute approximate surface area is 85.5 Å². The van der Waals surface area contributed by atoms with Gasteiger partial charge in [0.1, 0.15) is 0 Å². The van der Waals surface area contributed by atoms with Crippen molar-refractivity contribution in [2.45, 2.75) is 19.4 Å². The highest BCUT2D eigenvalue weighted by Crippen LogP contribution is 2.21. The van der Waals surface area contributed by atoms with E-state index in [0.29, 0.717) is 11.4 Å². The van der Waals surface area contributed by atoms with Gasteiger partial charge in [-0.15, -0.1) is 0 Å². The smallest absolute Gasteiger partial charge is 0.0552 e. The molecule has 0 saturated heterocycles. The van der Waals surface area contributed by atoms with E-state index in [1.165, 1.54) is 0 Å². The summed E-state index contributed by atoms with van der Waals surface area (Å²) in [7, 11) is 0. The molecule has 1 rings (SSSR count). The van der Waals surface area contributed by atoms with E-state index < -0.39 is 0 Å². The molecule has 0 fully saturated rings. The molecule has 0 radical (unpaired) electrons. The molecule has 1 N–H and O–H groups in total. The molecule has 12 heavy (non-hydrogen) atoms. The number of hydrogen-bond acceptors (Lipinski definition) is 1. The van der Waals surface area contributed by atoms with E-state index in [2.05, 4.69) is 15.9 Å². The first-order valence-corrected chi connectivity index (χ1v) is 4.88. The molecule has 0 bridgehead atoms. The monoisotopic (exact) mass is 248 g/mol. The van der Waals surface area contributed by atoms with Gasteiger partial charge in [0.05, 0.1) is 6.10 Å². The molecule has 1 nitrogen and oxygen atoms in total. The second-order valence-electron chi connectivity index (χ2n) is 2.79. The average molecular weight is 250 g/mol. The van der Waals surface area contributed by atoms with Crippen LogP contribution in [-0.2, 0) is 6.42 Å². The van der Waals surface area contributed by atoms with Gasteiger partial charge in [0, 0.05) is 9.50 Å². The van der Waals surface area contributed by atoms with Crippen LogP contribution < -0.4 is 0 Å². The lowest BCUT2D eigenvalue weighted by Gasteiger charge is -2.06. The number of aliphatic hydroxyl groups excluding tert-OH is 1. The fourth-order valence-corrected chi connectivity index (χ4v) is 1.62. The minimum atomic E-state index is -0.350. The van der Waals surface area contributed by atoms with Gasteiger partial charge in [0.15, 0.2) is 0 Å². The third-order valence-electron chi connectivity index (χ3n) is 1.52. The van der Waals surface area contributed by atoms with Gasteiger partial charge in [0.25, 0.3) is 0 Å². The van der Waals surface area contributed by atoms with Crippen LogP contribution in [0.2, 0.25) is 5.02 Å². The van der Waals surface area contributed by atoms with Gasteiger partial charge in [0.2, 0.25) is 0 Å². The zero-order valence-corrected chi connectivity index (χ0v) is 9.06. The van der Waals surface area contributed by atoms with Crippen LogP contribution in [0.3, 0.4) is 0 Å². The van der Waals surface area contributed by atoms with Crippen molar-refractivity contribution in [3.8, 4) is 0 Å². The standard InChI is InChI=1S/C9H10BrClO/c1-6(12)4-7-5-8(10)2-3-9(7)11/h2-3,5-6,12H,4H2,1H3/t6-/m1/s1. The molecule has 66 valence electrons. The predicted octanol–water partition coefficient (Wildman–Crippen LogP) is 3.03. The Balaban J connectivity index is 2.90. The molecule has 0 aliphatic rings. The summed E-state index contributed by atoms with van der Waals surface area (Å²) in [4.78, 5) is 0. The van der Waals surface area contributed by atoms with Gasteiger partial charge in [-0.05, 0) is 37.1 Å². The molecule has 0 aliphatic carbocycles. The summed E-state index contributed by atoms with van der Waals surface area (Å²) in [6.07, 6.45) is 0.245. The highest BCUT2D eigenvalue weighted by Gasteiger charge is 2.03. The molecule has 0 aliphatic heterocycles. The summed E-state index contributed by atoms with van der Waals surface area (Å²) in [6.45, 7) is 1.75. The summed E-state index contributed by atoms with van der Waals surface area (Å²) in [5.74, 6) is 0. The lowest BCUT2D eigenvalue weighted by atomic mass is 10.1. The van der Waals surface area contributed by atoms with Crippen molar-refractivity contribution < 1.29 is 5.11 Å². The Bertz CT molecular complexity index is 273. The molecular formula is C9H10BrClO. The molecule has 1 aromatic carbocycles. The minimum absolute atomic E-state index is 0.350. The van der Waals surface area contributed by atoms with E-state index in [1.54, 1.807) is 6.92 Å². The SMILES string of the molecule is C[C@@H](O)Cc1cc(Br)ccc1Cl.